The van der Waals surface area contributed by atoms with Crippen molar-refractivity contribution >= 4 is 10.9 Å². The zero-order valence-electron chi connectivity index (χ0n) is 6.62. The standard InChI is InChI=1S/C8H6FN3O/c9-3-7-11-6-1-2-10-4-5(6)8(13)12-7/h1-2,4H,3H2,(H,11,12,13). The Morgan fingerprint density at radius 2 is 2.38 bits per heavy atom. The summed E-state index contributed by atoms with van der Waals surface area (Å²) in [6.07, 6.45) is 2.92. The summed E-state index contributed by atoms with van der Waals surface area (Å²) >= 11 is 0. The average Bonchev–Trinajstić information content (AvgIpc) is 2.18. The summed E-state index contributed by atoms with van der Waals surface area (Å²) in [5.74, 6) is 0.0451. The number of fused-ring (bicyclic) bond motifs is 1. The summed E-state index contributed by atoms with van der Waals surface area (Å²) in [5.41, 5.74) is 0.108. The number of aromatic nitrogens is 3. The van der Waals surface area contributed by atoms with Crippen LogP contribution in [0.4, 0.5) is 4.39 Å². The van der Waals surface area contributed by atoms with Crippen LogP contribution in [0.15, 0.2) is 23.3 Å². The van der Waals surface area contributed by atoms with E-state index >= 15 is 0 Å². The molecule has 2 aromatic rings. The van der Waals surface area contributed by atoms with Gasteiger partial charge in [0.05, 0.1) is 10.9 Å². The predicted molar refractivity (Wildman–Crippen MR) is 45.0 cm³/mol. The van der Waals surface area contributed by atoms with Gasteiger partial charge in [0.1, 0.15) is 12.5 Å². The van der Waals surface area contributed by atoms with Crippen LogP contribution in [0.3, 0.4) is 0 Å². The van der Waals surface area contributed by atoms with Crippen molar-refractivity contribution in [1.82, 2.24) is 15.0 Å². The topological polar surface area (TPSA) is 58.6 Å². The molecule has 0 atom stereocenters. The minimum atomic E-state index is -0.770. The zero-order chi connectivity index (χ0) is 9.26. The first-order valence-corrected chi connectivity index (χ1v) is 3.70. The number of nitrogens with zero attached hydrogens (tertiary/aromatic N) is 2. The number of hydrogen-bond donors (Lipinski definition) is 1. The van der Waals surface area contributed by atoms with Gasteiger partial charge in [0.2, 0.25) is 0 Å². The van der Waals surface area contributed by atoms with E-state index in [1.54, 1.807) is 6.07 Å². The average molecular weight is 179 g/mol. The molecule has 66 valence electrons. The van der Waals surface area contributed by atoms with Gasteiger partial charge in [-0.2, -0.15) is 0 Å². The normalized spacial score (nSPS) is 10.5. The third-order valence-electron chi connectivity index (χ3n) is 1.68. The van der Waals surface area contributed by atoms with Gasteiger partial charge in [0.25, 0.3) is 5.56 Å². The molecule has 2 rings (SSSR count). The van der Waals surface area contributed by atoms with Gasteiger partial charge in [-0.15, -0.1) is 0 Å². The zero-order valence-corrected chi connectivity index (χ0v) is 6.62. The van der Waals surface area contributed by atoms with E-state index in [4.69, 9.17) is 0 Å². The van der Waals surface area contributed by atoms with Gasteiger partial charge in [0, 0.05) is 12.4 Å². The number of alkyl halides is 1. The summed E-state index contributed by atoms with van der Waals surface area (Å²) in [4.78, 5) is 21.2. The third kappa shape index (κ3) is 1.28. The highest BCUT2D eigenvalue weighted by Crippen LogP contribution is 2.03. The number of hydrogen-bond acceptors (Lipinski definition) is 3. The number of rotatable bonds is 1. The van der Waals surface area contributed by atoms with Gasteiger partial charge < -0.3 is 4.98 Å². The van der Waals surface area contributed by atoms with E-state index in [1.165, 1.54) is 12.4 Å². The van der Waals surface area contributed by atoms with Crippen LogP contribution < -0.4 is 5.56 Å². The molecule has 1 N–H and O–H groups in total. The van der Waals surface area contributed by atoms with Gasteiger partial charge in [-0.1, -0.05) is 0 Å². The molecule has 0 unspecified atom stereocenters. The van der Waals surface area contributed by atoms with E-state index in [2.05, 4.69) is 15.0 Å². The highest BCUT2D eigenvalue weighted by atomic mass is 19.1. The van der Waals surface area contributed by atoms with Crippen molar-refractivity contribution in [2.45, 2.75) is 6.67 Å². The Hall–Kier alpha value is -1.78. The lowest BCUT2D eigenvalue weighted by Gasteiger charge is -1.97. The number of H-pyrrole nitrogens is 1. The smallest absolute Gasteiger partial charge is 0.260 e. The first-order chi connectivity index (χ1) is 6.31. The molecule has 0 aromatic carbocycles. The van der Waals surface area contributed by atoms with E-state index in [9.17, 15) is 9.18 Å². The first kappa shape index (κ1) is 7.85. The van der Waals surface area contributed by atoms with Crippen LogP contribution in [-0.2, 0) is 6.67 Å². The second kappa shape index (κ2) is 2.93. The Morgan fingerprint density at radius 3 is 3.15 bits per heavy atom. The Balaban J connectivity index is 2.85. The Kier molecular flexibility index (Phi) is 1.77. The number of nitrogens with one attached hydrogen (secondary N) is 1. The van der Waals surface area contributed by atoms with Gasteiger partial charge in [0.15, 0.2) is 0 Å². The predicted octanol–water partition coefficient (Wildman–Crippen LogP) is 0.788. The molecule has 0 saturated heterocycles. The molecule has 0 aliphatic heterocycles. The van der Waals surface area contributed by atoms with Crippen molar-refractivity contribution in [3.05, 3.63) is 34.6 Å². The van der Waals surface area contributed by atoms with E-state index in [1.807, 2.05) is 0 Å². The number of pyridine rings is 1. The Morgan fingerprint density at radius 1 is 1.54 bits per heavy atom. The van der Waals surface area contributed by atoms with Crippen molar-refractivity contribution < 1.29 is 4.39 Å². The number of aromatic amines is 1. The summed E-state index contributed by atoms with van der Waals surface area (Å²) < 4.78 is 12.2. The fourth-order valence-corrected chi connectivity index (χ4v) is 1.09. The maximum atomic E-state index is 12.2. The Bertz CT molecular complexity index is 494. The summed E-state index contributed by atoms with van der Waals surface area (Å²) in [6, 6.07) is 1.57. The molecule has 0 saturated carbocycles. The summed E-state index contributed by atoms with van der Waals surface area (Å²) in [7, 11) is 0. The fraction of sp³-hybridized carbons (Fsp3) is 0.125. The minimum Gasteiger partial charge on any atom is -0.308 e. The van der Waals surface area contributed by atoms with Gasteiger partial charge >= 0.3 is 0 Å². The summed E-state index contributed by atoms with van der Waals surface area (Å²) in [5, 5.41) is 0.375. The molecular weight excluding hydrogens is 173 g/mol. The molecule has 13 heavy (non-hydrogen) atoms. The molecule has 0 bridgehead atoms. The molecule has 0 radical (unpaired) electrons. The highest BCUT2D eigenvalue weighted by molar-refractivity contribution is 5.75. The molecular formula is C8H6FN3O. The third-order valence-corrected chi connectivity index (χ3v) is 1.68. The van der Waals surface area contributed by atoms with Crippen molar-refractivity contribution in [3.8, 4) is 0 Å². The van der Waals surface area contributed by atoms with E-state index in [0.717, 1.165) is 0 Å². The molecule has 0 aliphatic rings. The molecule has 0 spiro atoms. The van der Waals surface area contributed by atoms with Gasteiger partial charge in [-0.05, 0) is 6.07 Å². The van der Waals surface area contributed by atoms with Crippen LogP contribution in [0, 0.1) is 0 Å². The quantitative estimate of drug-likeness (QED) is 0.703. The molecule has 2 heterocycles. The molecule has 5 heteroatoms. The van der Waals surface area contributed by atoms with Crippen LogP contribution in [0.2, 0.25) is 0 Å². The lowest BCUT2D eigenvalue weighted by molar-refractivity contribution is 0.465. The van der Waals surface area contributed by atoms with E-state index in [-0.39, 0.29) is 11.4 Å². The van der Waals surface area contributed by atoms with Crippen LogP contribution >= 0.6 is 0 Å². The molecule has 4 nitrogen and oxygen atoms in total. The van der Waals surface area contributed by atoms with Crippen LogP contribution in [0.25, 0.3) is 10.9 Å². The summed E-state index contributed by atoms with van der Waals surface area (Å²) in [6.45, 7) is -0.770. The number of halogens is 1. The monoisotopic (exact) mass is 179 g/mol. The largest absolute Gasteiger partial charge is 0.308 e. The second-order valence-electron chi connectivity index (χ2n) is 2.54. The molecule has 0 fully saturated rings. The van der Waals surface area contributed by atoms with Crippen molar-refractivity contribution in [1.29, 1.82) is 0 Å². The lowest BCUT2D eigenvalue weighted by atomic mass is 10.3. The highest BCUT2D eigenvalue weighted by Gasteiger charge is 2.01. The fourth-order valence-electron chi connectivity index (χ4n) is 1.09. The lowest BCUT2D eigenvalue weighted by Crippen LogP contribution is -2.11. The van der Waals surface area contributed by atoms with Crippen LogP contribution in [0.1, 0.15) is 5.82 Å². The molecule has 0 aliphatic carbocycles. The van der Waals surface area contributed by atoms with E-state index in [0.29, 0.717) is 10.9 Å². The molecule has 0 amide bonds. The Labute approximate surface area is 72.5 Å². The molecule has 2 aromatic heterocycles. The minimum absolute atomic E-state index is 0.0451. The van der Waals surface area contributed by atoms with Crippen LogP contribution in [0.5, 0.6) is 0 Å². The maximum Gasteiger partial charge on any atom is 0.260 e. The SMILES string of the molecule is O=c1[nH]c(CF)nc2ccncc12. The van der Waals surface area contributed by atoms with Gasteiger partial charge in [-0.25, -0.2) is 9.37 Å². The maximum absolute atomic E-state index is 12.2. The van der Waals surface area contributed by atoms with Gasteiger partial charge in [-0.3, -0.25) is 9.78 Å². The van der Waals surface area contributed by atoms with E-state index < -0.39 is 6.67 Å². The van der Waals surface area contributed by atoms with Crippen LogP contribution in [-0.4, -0.2) is 15.0 Å². The first-order valence-electron chi connectivity index (χ1n) is 3.70. The van der Waals surface area contributed by atoms with Crippen molar-refractivity contribution in [2.24, 2.45) is 0 Å². The van der Waals surface area contributed by atoms with Crippen molar-refractivity contribution in [2.75, 3.05) is 0 Å². The second-order valence-corrected chi connectivity index (χ2v) is 2.54. The van der Waals surface area contributed by atoms with Crippen molar-refractivity contribution in [3.63, 3.8) is 0 Å².